The lowest BCUT2D eigenvalue weighted by Gasteiger charge is -2.13. The number of carbonyl (C=O) groups is 2. The SMILES string of the molecule is CC1=NN(c2ccc(Cl)c(C(=O)O)c2)C(=O)/C1=C\c1cccn1-c1ccc(S(=O)(=O)Nc2nccs2)cc1. The molecular weight excluding hydrogens is 550 g/mol. The lowest BCUT2D eigenvalue weighted by Crippen LogP contribution is -2.21. The number of hydrazone groups is 1. The molecule has 2 N–H and O–H groups in total. The maximum atomic E-state index is 13.2. The number of aromatic nitrogens is 2. The van der Waals surface area contributed by atoms with Crippen molar-refractivity contribution in [3.63, 3.8) is 0 Å². The maximum Gasteiger partial charge on any atom is 0.337 e. The molecule has 2 aromatic heterocycles. The van der Waals surface area contributed by atoms with Gasteiger partial charge in [0.15, 0.2) is 5.13 Å². The van der Waals surface area contributed by atoms with Crippen LogP contribution in [0.5, 0.6) is 0 Å². The first-order valence-corrected chi connectivity index (χ1v) is 13.7. The Morgan fingerprint density at radius 3 is 2.55 bits per heavy atom. The van der Waals surface area contributed by atoms with Crippen molar-refractivity contribution in [2.75, 3.05) is 9.73 Å². The summed E-state index contributed by atoms with van der Waals surface area (Å²) in [5, 5.41) is 16.8. The second-order valence-electron chi connectivity index (χ2n) is 8.07. The van der Waals surface area contributed by atoms with Gasteiger partial charge >= 0.3 is 5.97 Å². The Bertz CT molecular complexity index is 1730. The summed E-state index contributed by atoms with van der Waals surface area (Å²) in [7, 11) is -3.79. The summed E-state index contributed by atoms with van der Waals surface area (Å²) in [6, 6.07) is 14.1. The number of hydrogen-bond donors (Lipinski definition) is 2. The van der Waals surface area contributed by atoms with Crippen molar-refractivity contribution in [1.82, 2.24) is 9.55 Å². The number of thiazole rings is 1. The molecule has 0 atom stereocenters. The van der Waals surface area contributed by atoms with Gasteiger partial charge in [0.1, 0.15) is 0 Å². The monoisotopic (exact) mass is 567 g/mol. The first kappa shape index (κ1) is 25.4. The van der Waals surface area contributed by atoms with Crippen LogP contribution >= 0.6 is 22.9 Å². The largest absolute Gasteiger partial charge is 0.478 e. The lowest BCUT2D eigenvalue weighted by molar-refractivity contribution is -0.114. The van der Waals surface area contributed by atoms with Crippen LogP contribution in [-0.4, -0.2) is 40.7 Å². The molecule has 1 amide bonds. The molecule has 0 unspecified atom stereocenters. The number of aromatic carboxylic acids is 1. The summed E-state index contributed by atoms with van der Waals surface area (Å²) in [5.74, 6) is -1.64. The standard InChI is InChI=1S/C25H18ClN5O5S2/c1-15-20(23(32)31(28-15)18-6-9-22(26)21(14-18)24(33)34)13-17-3-2-11-30(17)16-4-7-19(8-5-16)38(35,36)29-25-27-10-12-37-25/h2-14H,1H3,(H,27,29)(H,33,34)/b20-13-. The zero-order valence-corrected chi connectivity index (χ0v) is 22.0. The van der Waals surface area contributed by atoms with Gasteiger partial charge in [0, 0.05) is 29.2 Å². The molecule has 1 aliphatic heterocycles. The van der Waals surface area contributed by atoms with E-state index in [1.165, 1.54) is 47.9 Å². The molecule has 1 aliphatic rings. The van der Waals surface area contributed by atoms with Crippen molar-refractivity contribution >= 4 is 67.4 Å². The van der Waals surface area contributed by atoms with Crippen molar-refractivity contribution in [2.45, 2.75) is 11.8 Å². The van der Waals surface area contributed by atoms with Gasteiger partial charge in [-0.2, -0.15) is 10.1 Å². The number of nitrogens with one attached hydrogen (secondary N) is 1. The van der Waals surface area contributed by atoms with Gasteiger partial charge in [-0.25, -0.2) is 18.2 Å². The topological polar surface area (TPSA) is 134 Å². The van der Waals surface area contributed by atoms with Crippen LogP contribution in [0.1, 0.15) is 23.0 Å². The zero-order chi connectivity index (χ0) is 27.0. The molecule has 0 saturated heterocycles. The van der Waals surface area contributed by atoms with Crippen LogP contribution in [0.2, 0.25) is 5.02 Å². The molecule has 0 fully saturated rings. The molecule has 0 radical (unpaired) electrons. The average molecular weight is 568 g/mol. The molecule has 5 rings (SSSR count). The van der Waals surface area contributed by atoms with Crippen molar-refractivity contribution < 1.29 is 23.1 Å². The molecule has 0 aliphatic carbocycles. The van der Waals surface area contributed by atoms with E-state index in [0.29, 0.717) is 22.7 Å². The van der Waals surface area contributed by atoms with Crippen molar-refractivity contribution in [1.29, 1.82) is 0 Å². The summed E-state index contributed by atoms with van der Waals surface area (Å²) >= 11 is 7.13. The van der Waals surface area contributed by atoms with Crippen LogP contribution < -0.4 is 9.73 Å². The van der Waals surface area contributed by atoms with Gasteiger partial charge in [-0.1, -0.05) is 11.6 Å². The number of benzene rings is 2. The molecule has 3 heterocycles. The lowest BCUT2D eigenvalue weighted by atomic mass is 10.1. The number of anilines is 2. The van der Waals surface area contributed by atoms with Crippen LogP contribution in [0.25, 0.3) is 11.8 Å². The van der Waals surface area contributed by atoms with E-state index in [4.69, 9.17) is 11.6 Å². The normalized spacial score (nSPS) is 14.7. The van der Waals surface area contributed by atoms with Crippen molar-refractivity contribution in [3.8, 4) is 5.69 Å². The van der Waals surface area contributed by atoms with E-state index in [9.17, 15) is 23.1 Å². The van der Waals surface area contributed by atoms with Gasteiger partial charge in [-0.15, -0.1) is 11.3 Å². The number of hydrogen-bond acceptors (Lipinski definition) is 7. The third-order valence-corrected chi connectivity index (χ3v) is 8.14. The van der Waals surface area contributed by atoms with E-state index >= 15 is 0 Å². The summed E-state index contributed by atoms with van der Waals surface area (Å²) in [5.41, 5.74) is 2.24. The second kappa shape index (κ2) is 9.89. The van der Waals surface area contributed by atoms with Crippen LogP contribution in [0, 0.1) is 0 Å². The minimum atomic E-state index is -3.79. The number of sulfonamides is 1. The number of amides is 1. The molecule has 2 aromatic carbocycles. The minimum absolute atomic E-state index is 0.0555. The predicted molar refractivity (Wildman–Crippen MR) is 146 cm³/mol. The highest BCUT2D eigenvalue weighted by atomic mass is 35.5. The third-order valence-electron chi connectivity index (χ3n) is 5.64. The van der Waals surface area contributed by atoms with E-state index in [2.05, 4.69) is 14.8 Å². The molecule has 4 aromatic rings. The van der Waals surface area contributed by atoms with E-state index in [1.807, 2.05) is 0 Å². The quantitative estimate of drug-likeness (QED) is 0.305. The molecule has 10 nitrogen and oxygen atoms in total. The Kier molecular flexibility index (Phi) is 6.61. The maximum absolute atomic E-state index is 13.2. The Balaban J connectivity index is 1.41. The Morgan fingerprint density at radius 2 is 1.87 bits per heavy atom. The van der Waals surface area contributed by atoms with Crippen LogP contribution in [-0.2, 0) is 14.8 Å². The van der Waals surface area contributed by atoms with Gasteiger partial charge < -0.3 is 9.67 Å². The first-order valence-electron chi connectivity index (χ1n) is 11.0. The number of carbonyl (C=O) groups excluding carboxylic acids is 1. The minimum Gasteiger partial charge on any atom is -0.478 e. The van der Waals surface area contributed by atoms with E-state index < -0.39 is 21.9 Å². The highest BCUT2D eigenvalue weighted by Crippen LogP contribution is 2.29. The summed E-state index contributed by atoms with van der Waals surface area (Å²) in [6.45, 7) is 1.68. The van der Waals surface area contributed by atoms with Crippen molar-refractivity contribution in [2.24, 2.45) is 5.10 Å². The molecule has 0 bridgehead atoms. The third kappa shape index (κ3) is 4.84. The van der Waals surface area contributed by atoms with E-state index in [1.54, 1.807) is 53.4 Å². The Morgan fingerprint density at radius 1 is 1.13 bits per heavy atom. The van der Waals surface area contributed by atoms with Gasteiger partial charge in [0.05, 0.1) is 32.5 Å². The predicted octanol–water partition coefficient (Wildman–Crippen LogP) is 4.89. The molecule has 192 valence electrons. The highest BCUT2D eigenvalue weighted by molar-refractivity contribution is 7.93. The van der Waals surface area contributed by atoms with Crippen molar-refractivity contribution in [3.05, 3.63) is 94.2 Å². The highest BCUT2D eigenvalue weighted by Gasteiger charge is 2.30. The number of nitrogens with zero attached hydrogens (tertiary/aromatic N) is 4. The molecular formula is C25H18ClN5O5S2. The zero-order valence-electron chi connectivity index (χ0n) is 19.6. The number of carboxylic acid groups (broad SMARTS) is 1. The van der Waals surface area contributed by atoms with Gasteiger partial charge in [-0.3, -0.25) is 9.52 Å². The first-order chi connectivity index (χ1) is 18.1. The fourth-order valence-corrected chi connectivity index (χ4v) is 5.78. The number of rotatable bonds is 7. The van der Waals surface area contributed by atoms with Gasteiger partial charge in [0.25, 0.3) is 15.9 Å². The average Bonchev–Trinajstić information content (AvgIpc) is 3.62. The number of carboxylic acids is 1. The van der Waals surface area contributed by atoms with Crippen LogP contribution in [0.3, 0.4) is 0 Å². The fraction of sp³-hybridized carbons (Fsp3) is 0.0400. The van der Waals surface area contributed by atoms with E-state index in [0.717, 1.165) is 5.01 Å². The Labute approximate surface area is 226 Å². The molecule has 0 spiro atoms. The van der Waals surface area contributed by atoms with Crippen LogP contribution in [0.15, 0.2) is 87.9 Å². The molecule has 13 heteroatoms. The van der Waals surface area contributed by atoms with Gasteiger partial charge in [-0.05, 0) is 67.6 Å². The van der Waals surface area contributed by atoms with Gasteiger partial charge in [0.2, 0.25) is 0 Å². The number of halogens is 1. The molecule has 38 heavy (non-hydrogen) atoms. The second-order valence-corrected chi connectivity index (χ2v) is 11.1. The summed E-state index contributed by atoms with van der Waals surface area (Å²) in [4.78, 5) is 28.7. The Hall–Kier alpha value is -4.26. The summed E-state index contributed by atoms with van der Waals surface area (Å²) < 4.78 is 29.5. The van der Waals surface area contributed by atoms with E-state index in [-0.39, 0.29) is 26.3 Å². The van der Waals surface area contributed by atoms with Crippen LogP contribution in [0.4, 0.5) is 10.8 Å². The molecule has 0 saturated carbocycles. The fourth-order valence-electron chi connectivity index (χ4n) is 3.80. The smallest absolute Gasteiger partial charge is 0.337 e. The summed E-state index contributed by atoms with van der Waals surface area (Å²) in [6.07, 6.45) is 4.97.